The molecular weight excluding hydrogens is 1260 g/mol. The second-order valence-corrected chi connectivity index (χ2v) is 32.1. The van der Waals surface area contributed by atoms with Crippen LogP contribution in [0.25, 0.3) is 5.69 Å². The summed E-state index contributed by atoms with van der Waals surface area (Å²) in [5, 5.41) is 25.4. The highest BCUT2D eigenvalue weighted by Crippen LogP contribution is 2.27. The van der Waals surface area contributed by atoms with Crippen molar-refractivity contribution >= 4 is 17.4 Å². The maximum Gasteiger partial charge on any atom is 0.177 e. The van der Waals surface area contributed by atoms with E-state index in [1.807, 2.05) is 4.68 Å². The van der Waals surface area contributed by atoms with Crippen molar-refractivity contribution in [3.8, 4) is 5.69 Å². The first-order valence-electron chi connectivity index (χ1n) is 36.6. The molecule has 4 aromatic rings. The van der Waals surface area contributed by atoms with Crippen molar-refractivity contribution in [2.24, 2.45) is 32.5 Å². The zero-order valence-corrected chi connectivity index (χ0v) is 67.0. The number of carbonyl (C=O) groups excluding carboxylic acids is 2. The minimum Gasteiger partial charge on any atom is -0.396 e. The van der Waals surface area contributed by atoms with E-state index in [1.54, 1.807) is 41.0 Å². The number of aliphatic hydroxyl groups excluding tert-OH is 1. The van der Waals surface area contributed by atoms with Gasteiger partial charge in [-0.1, -0.05) is 155 Å². The van der Waals surface area contributed by atoms with Crippen molar-refractivity contribution in [1.29, 1.82) is 0 Å². The molecule has 99 heavy (non-hydrogen) atoms. The van der Waals surface area contributed by atoms with Gasteiger partial charge >= 0.3 is 0 Å². The Morgan fingerprint density at radius 2 is 0.889 bits per heavy atom. The van der Waals surface area contributed by atoms with E-state index >= 15 is 0 Å². The van der Waals surface area contributed by atoms with Crippen LogP contribution in [-0.2, 0) is 73.3 Å². The highest BCUT2D eigenvalue weighted by Gasteiger charge is 2.23. The number of Topliss-reactive ketones (excluding diaryl/α,β-unsaturated/α-hetero) is 2. The van der Waals surface area contributed by atoms with E-state index in [0.29, 0.717) is 143 Å². The summed E-state index contributed by atoms with van der Waals surface area (Å²) in [6.07, 6.45) is 12.8. The zero-order chi connectivity index (χ0) is 75.0. The summed E-state index contributed by atoms with van der Waals surface area (Å²) < 4.78 is 58.9. The molecule has 0 radical (unpaired) electrons. The Labute approximate surface area is 601 Å². The van der Waals surface area contributed by atoms with E-state index in [9.17, 15) is 9.59 Å². The smallest absolute Gasteiger partial charge is 0.177 e. The Kier molecular flexibility index (Phi) is 50.0. The van der Waals surface area contributed by atoms with Gasteiger partial charge in [0.1, 0.15) is 17.1 Å². The predicted molar refractivity (Wildman–Crippen MR) is 402 cm³/mol. The average molecular weight is 1400 g/mol. The molecule has 21 heteroatoms. The number of carbonyl (C=O) groups is 2. The van der Waals surface area contributed by atoms with Crippen molar-refractivity contribution in [2.45, 2.75) is 236 Å². The lowest BCUT2D eigenvalue weighted by Gasteiger charge is -2.22. The number of nitrogens with zero attached hydrogens (tertiary/aromatic N) is 8. The Morgan fingerprint density at radius 1 is 0.505 bits per heavy atom. The fourth-order valence-corrected chi connectivity index (χ4v) is 9.10. The maximum absolute atomic E-state index is 11.3. The van der Waals surface area contributed by atoms with Crippen molar-refractivity contribution in [3.63, 3.8) is 0 Å². The molecule has 21 nitrogen and oxygen atoms in total. The van der Waals surface area contributed by atoms with Gasteiger partial charge in [-0.05, 0) is 121 Å². The number of unbranched alkanes of at least 4 members (excludes halogenated alkanes) is 1. The SMILES string of the molecule is CC(=O)c1ccnn1CCOCCOCCOCCC(C)(C)C.CC(=O)c1ccnn1CCOCCOCCOCCC(C)(C)C.CC(C)(C)CC1OCCO1.CC(C)(C)CCCCO.CCc1nnn(-c2ccc(CC(C)(C)C)cc2)c1N(CC)CC.COCCOCCC(C)(C)C. The molecule has 1 saturated heterocycles. The zero-order valence-electron chi connectivity index (χ0n) is 67.0. The molecule has 1 aliphatic rings. The van der Waals surface area contributed by atoms with Crippen molar-refractivity contribution in [1.82, 2.24) is 34.6 Å². The third kappa shape index (κ3) is 53.0. The number of ketones is 2. The van der Waals surface area contributed by atoms with Crippen LogP contribution in [0, 0.1) is 32.5 Å². The third-order valence-electron chi connectivity index (χ3n) is 14.8. The molecule has 4 heterocycles. The second-order valence-electron chi connectivity index (χ2n) is 32.1. The molecule has 0 atom stereocenters. The Hall–Kier alpha value is -4.52. The molecule has 1 aliphatic heterocycles. The number of anilines is 1. The first kappa shape index (κ1) is 94.5. The van der Waals surface area contributed by atoms with Crippen LogP contribution in [0.5, 0.6) is 0 Å². The number of rotatable bonds is 39. The Morgan fingerprint density at radius 3 is 1.22 bits per heavy atom. The lowest BCUT2D eigenvalue weighted by atomic mass is 9.88. The lowest BCUT2D eigenvalue weighted by Crippen LogP contribution is -2.25. The van der Waals surface area contributed by atoms with Gasteiger partial charge in [-0.15, -0.1) is 5.10 Å². The van der Waals surface area contributed by atoms with Gasteiger partial charge in [0.05, 0.1) is 111 Å². The second kappa shape index (κ2) is 52.4. The molecule has 0 saturated carbocycles. The molecule has 0 unspecified atom stereocenters. The summed E-state index contributed by atoms with van der Waals surface area (Å²) in [4.78, 5) is 25.0. The average Bonchev–Trinajstić information content (AvgIpc) is 1.68. The normalized spacial score (nSPS) is 12.9. The van der Waals surface area contributed by atoms with Gasteiger partial charge < -0.3 is 57.4 Å². The fourth-order valence-electron chi connectivity index (χ4n) is 9.10. The number of aryl methyl sites for hydroxylation is 1. The summed E-state index contributed by atoms with van der Waals surface area (Å²) in [7, 11) is 1.69. The molecule has 1 N–H and O–H groups in total. The number of hydrogen-bond donors (Lipinski definition) is 1. The van der Waals surface area contributed by atoms with E-state index in [2.05, 4.69) is 195 Å². The van der Waals surface area contributed by atoms with E-state index in [1.165, 1.54) is 25.8 Å². The number of aliphatic hydroxyl groups is 1. The first-order chi connectivity index (χ1) is 46.4. The molecule has 0 bridgehead atoms. The molecule has 3 aromatic heterocycles. The van der Waals surface area contributed by atoms with Gasteiger partial charge in [0.25, 0.3) is 0 Å². The van der Waals surface area contributed by atoms with Gasteiger partial charge in [-0.25, -0.2) is 0 Å². The summed E-state index contributed by atoms with van der Waals surface area (Å²) in [6.45, 7) is 63.7. The van der Waals surface area contributed by atoms with Gasteiger partial charge in [-0.2, -0.15) is 14.9 Å². The summed E-state index contributed by atoms with van der Waals surface area (Å²) in [5.41, 5.74) is 6.78. The van der Waals surface area contributed by atoms with Gasteiger partial charge in [0.15, 0.2) is 23.7 Å². The number of hydrogen-bond acceptors (Lipinski definition) is 18. The van der Waals surface area contributed by atoms with E-state index < -0.39 is 0 Å². The van der Waals surface area contributed by atoms with Crippen LogP contribution in [0.1, 0.15) is 236 Å². The van der Waals surface area contributed by atoms with Crippen LogP contribution in [0.4, 0.5) is 5.82 Å². The largest absolute Gasteiger partial charge is 0.396 e. The topological polar surface area (TPSA) is 216 Å². The summed E-state index contributed by atoms with van der Waals surface area (Å²) >= 11 is 0. The van der Waals surface area contributed by atoms with Crippen molar-refractivity contribution < 1.29 is 62.1 Å². The van der Waals surface area contributed by atoms with Crippen LogP contribution >= 0.6 is 0 Å². The minimum atomic E-state index is 0.0114. The molecule has 5 rings (SSSR count). The van der Waals surface area contributed by atoms with Crippen LogP contribution in [0.15, 0.2) is 48.8 Å². The molecule has 1 aromatic carbocycles. The standard InChI is InChI=1S/C19H30N4.2C17H30N2O4.C9H20O2.C8H16O2.C8H18O/c1-7-17-18(22(8-2)9-3)23(21-20-17)16-12-10-15(11-13-16)14-19(4,5)6;2*1-15(20)16-5-7-18-19(16)8-10-22-12-14-23-13-11-21-9-6-17(2,3)4;1-9(2,3)5-6-11-8-7-10-4;1-8(2,3)6-7-9-4-5-10-7;1-8(2,3)6-4-5-7-9/h10-13H,7-9,14H2,1-6H3;2*5,7H,6,8-14H2,1-4H3;5-8H2,1-4H3;7H,4-6H2,1-3H3;9H,4-7H2,1-3H3. The van der Waals surface area contributed by atoms with Gasteiger partial charge in [0, 0.05) is 79.3 Å². The number of ether oxygens (including phenoxy) is 10. The molecule has 1 fully saturated rings. The minimum absolute atomic E-state index is 0.0114. The summed E-state index contributed by atoms with van der Waals surface area (Å²) in [6, 6.07) is 12.2. The lowest BCUT2D eigenvalue weighted by molar-refractivity contribution is -0.0654. The van der Waals surface area contributed by atoms with Crippen LogP contribution in [0.2, 0.25) is 0 Å². The summed E-state index contributed by atoms with van der Waals surface area (Å²) in [5.74, 6) is 1.15. The van der Waals surface area contributed by atoms with Gasteiger partial charge in [0.2, 0.25) is 0 Å². The molecule has 0 amide bonds. The molecular formula is C78H144N8O13. The maximum atomic E-state index is 11.3. The van der Waals surface area contributed by atoms with Gasteiger partial charge in [-0.3, -0.25) is 19.0 Å². The molecule has 0 aliphatic carbocycles. The van der Waals surface area contributed by atoms with Crippen molar-refractivity contribution in [2.75, 3.05) is 144 Å². The fraction of sp³-hybridized carbons (Fsp3) is 0.795. The van der Waals surface area contributed by atoms with Crippen molar-refractivity contribution in [3.05, 3.63) is 71.4 Å². The van der Waals surface area contributed by atoms with E-state index in [4.69, 9.17) is 52.5 Å². The number of benzene rings is 1. The quantitative estimate of drug-likeness (QED) is 0.0324. The van der Waals surface area contributed by atoms with E-state index in [0.717, 1.165) is 115 Å². The first-order valence-corrected chi connectivity index (χ1v) is 36.6. The Balaban J connectivity index is 0.00000121. The molecule has 574 valence electrons. The molecule has 0 spiro atoms. The Bertz CT molecular complexity index is 2500. The monoisotopic (exact) mass is 1400 g/mol. The predicted octanol–water partition coefficient (Wildman–Crippen LogP) is 15.5. The van der Waals surface area contributed by atoms with Crippen LogP contribution < -0.4 is 4.90 Å². The number of aromatic nitrogens is 7. The van der Waals surface area contributed by atoms with E-state index in [-0.39, 0.29) is 17.9 Å². The highest BCUT2D eigenvalue weighted by molar-refractivity contribution is 5.92. The van der Waals surface area contributed by atoms with Crippen LogP contribution in [-0.4, -0.2) is 197 Å². The number of methoxy groups -OCH3 is 1. The van der Waals surface area contributed by atoms with Crippen LogP contribution in [0.3, 0.4) is 0 Å². The third-order valence-corrected chi connectivity index (χ3v) is 14.8. The highest BCUT2D eigenvalue weighted by atomic mass is 16.7.